The molecule has 3 unspecified atom stereocenters. The fourth-order valence-electron chi connectivity index (χ4n) is 5.61. The fourth-order valence-corrected chi connectivity index (χ4v) is 5.87. The maximum Gasteiger partial charge on any atom is 0.241 e. The number of ether oxygens (including phenoxy) is 1. The van der Waals surface area contributed by atoms with Crippen LogP contribution in [-0.2, 0) is 20.7 Å². The van der Waals surface area contributed by atoms with Gasteiger partial charge in [-0.1, -0.05) is 71.4 Å². The van der Waals surface area contributed by atoms with Crippen molar-refractivity contribution in [3.8, 4) is 0 Å². The summed E-state index contributed by atoms with van der Waals surface area (Å²) in [5, 5.41) is 0. The molecule has 2 heterocycles. The number of nitrogens with zero attached hydrogens (tertiary/aromatic N) is 1. The summed E-state index contributed by atoms with van der Waals surface area (Å²) in [6.07, 6.45) is -0.0759. The van der Waals surface area contributed by atoms with Crippen molar-refractivity contribution in [2.24, 2.45) is 11.8 Å². The molecule has 7 heteroatoms. The predicted octanol–water partition coefficient (Wildman–Crippen LogP) is 4.71. The summed E-state index contributed by atoms with van der Waals surface area (Å²) in [7, 11) is 0. The number of carbonyl (C=O) groups is 4. The number of ketones is 2. The molecule has 2 saturated heterocycles. The van der Waals surface area contributed by atoms with Crippen LogP contribution in [0.1, 0.15) is 44.9 Å². The highest BCUT2D eigenvalue weighted by Gasteiger charge is 2.74. The lowest BCUT2D eigenvalue weighted by molar-refractivity contribution is -0.127. The van der Waals surface area contributed by atoms with Gasteiger partial charge in [0.25, 0.3) is 0 Å². The molecule has 35 heavy (non-hydrogen) atoms. The first kappa shape index (κ1) is 22.1. The van der Waals surface area contributed by atoms with Gasteiger partial charge in [0.05, 0.1) is 23.6 Å². The highest BCUT2D eigenvalue weighted by Crippen LogP contribution is 2.57. The average molecular weight is 530 g/mol. The van der Waals surface area contributed by atoms with Crippen LogP contribution in [0.15, 0.2) is 77.3 Å². The number of halogens is 1. The van der Waals surface area contributed by atoms with Crippen molar-refractivity contribution in [3.05, 3.63) is 99.5 Å². The third kappa shape index (κ3) is 2.91. The van der Waals surface area contributed by atoms with Crippen LogP contribution in [0.5, 0.6) is 0 Å². The number of hydrogen-bond acceptors (Lipinski definition) is 5. The summed E-state index contributed by atoms with van der Waals surface area (Å²) in [5.74, 6) is -4.42. The summed E-state index contributed by atoms with van der Waals surface area (Å²) in [6.45, 7) is 2.04. The smallest absolute Gasteiger partial charge is 0.241 e. The minimum atomic E-state index is -2.06. The summed E-state index contributed by atoms with van der Waals surface area (Å²) in [6, 6.07) is 20.8. The molecule has 0 aromatic heterocycles. The fraction of sp³-hybridized carbons (Fsp3) is 0.214. The number of anilines is 1. The number of rotatable bonds is 3. The molecule has 2 aliphatic heterocycles. The van der Waals surface area contributed by atoms with Gasteiger partial charge in [-0.15, -0.1) is 0 Å². The van der Waals surface area contributed by atoms with Gasteiger partial charge in [0.2, 0.25) is 29.0 Å². The van der Waals surface area contributed by atoms with E-state index in [9.17, 15) is 19.2 Å². The number of hydrogen-bond donors (Lipinski definition) is 0. The molecule has 1 spiro atoms. The molecular formula is C28H20BrNO5. The van der Waals surface area contributed by atoms with E-state index in [2.05, 4.69) is 15.9 Å². The second-order valence-corrected chi connectivity index (χ2v) is 9.98. The van der Waals surface area contributed by atoms with Crippen LogP contribution < -0.4 is 4.90 Å². The van der Waals surface area contributed by atoms with E-state index in [1.165, 1.54) is 0 Å². The van der Waals surface area contributed by atoms with E-state index in [-0.39, 0.29) is 11.1 Å². The lowest BCUT2D eigenvalue weighted by atomic mass is 9.77. The molecule has 3 atom stereocenters. The topological polar surface area (TPSA) is 80.8 Å². The van der Waals surface area contributed by atoms with Gasteiger partial charge in [0.15, 0.2) is 0 Å². The molecule has 3 aromatic rings. The monoisotopic (exact) mass is 529 g/mol. The Hall–Kier alpha value is -3.42. The number of Topliss-reactive ketones (excluding diaryl/α,β-unsaturated/α-hetero) is 2. The van der Waals surface area contributed by atoms with Gasteiger partial charge >= 0.3 is 0 Å². The highest BCUT2D eigenvalue weighted by molar-refractivity contribution is 9.10. The molecule has 0 saturated carbocycles. The maximum atomic E-state index is 13.9. The van der Waals surface area contributed by atoms with Crippen LogP contribution >= 0.6 is 15.9 Å². The summed E-state index contributed by atoms with van der Waals surface area (Å²) < 4.78 is 7.11. The minimum absolute atomic E-state index is 0.223. The van der Waals surface area contributed by atoms with Crippen molar-refractivity contribution in [1.82, 2.24) is 0 Å². The van der Waals surface area contributed by atoms with E-state index in [0.29, 0.717) is 11.3 Å². The third-order valence-corrected chi connectivity index (χ3v) is 7.85. The summed E-state index contributed by atoms with van der Waals surface area (Å²) in [5.41, 5.74) is 0.539. The lowest BCUT2D eigenvalue weighted by Crippen LogP contribution is -2.51. The zero-order valence-electron chi connectivity index (χ0n) is 18.7. The Morgan fingerprint density at radius 3 is 2.00 bits per heavy atom. The van der Waals surface area contributed by atoms with Gasteiger partial charge in [0.1, 0.15) is 0 Å². The maximum absolute atomic E-state index is 13.9. The van der Waals surface area contributed by atoms with E-state index in [1.54, 1.807) is 48.5 Å². The number of imide groups is 1. The molecule has 6 rings (SSSR count). The lowest BCUT2D eigenvalue weighted by Gasteiger charge is -2.27. The first-order valence-corrected chi connectivity index (χ1v) is 12.3. The molecule has 2 fully saturated rings. The molecule has 3 aliphatic rings. The van der Waals surface area contributed by atoms with Crippen LogP contribution in [0.4, 0.5) is 5.69 Å². The predicted molar refractivity (Wildman–Crippen MR) is 131 cm³/mol. The largest absolute Gasteiger partial charge is 0.349 e. The number of amides is 2. The molecule has 6 nitrogen and oxygen atoms in total. The molecular weight excluding hydrogens is 510 g/mol. The van der Waals surface area contributed by atoms with E-state index in [4.69, 9.17) is 4.74 Å². The summed E-state index contributed by atoms with van der Waals surface area (Å²) >= 11 is 3.37. The van der Waals surface area contributed by atoms with E-state index in [1.807, 2.05) is 31.2 Å². The van der Waals surface area contributed by atoms with Gasteiger partial charge in [-0.25, -0.2) is 4.90 Å². The van der Waals surface area contributed by atoms with Crippen molar-refractivity contribution >= 4 is 45.0 Å². The Morgan fingerprint density at radius 2 is 1.43 bits per heavy atom. The van der Waals surface area contributed by atoms with Gasteiger partial charge in [-0.2, -0.15) is 0 Å². The van der Waals surface area contributed by atoms with Crippen LogP contribution in [0, 0.1) is 11.8 Å². The van der Waals surface area contributed by atoms with Gasteiger partial charge in [-0.05, 0) is 41.8 Å². The normalized spacial score (nSPS) is 24.4. The SMILES string of the molecule is CCc1ccc(C2OC3(C(=O)c4ccccc4C3=O)C3C(=O)N(c4ccc(Br)cc4)C(=O)C23)cc1. The third-order valence-electron chi connectivity index (χ3n) is 7.32. The van der Waals surface area contributed by atoms with Crippen molar-refractivity contribution in [2.75, 3.05) is 4.90 Å². The molecule has 2 amide bonds. The first-order chi connectivity index (χ1) is 16.9. The number of fused-ring (bicyclic) bond motifs is 3. The molecule has 3 aromatic carbocycles. The van der Waals surface area contributed by atoms with Crippen molar-refractivity contribution in [3.63, 3.8) is 0 Å². The number of benzene rings is 3. The second kappa shape index (κ2) is 7.80. The molecule has 0 bridgehead atoms. The Bertz CT molecular complexity index is 1380. The summed E-state index contributed by atoms with van der Waals surface area (Å²) in [4.78, 5) is 56.3. The van der Waals surface area contributed by atoms with Gasteiger partial charge in [-0.3, -0.25) is 19.2 Å². The quantitative estimate of drug-likeness (QED) is 0.362. The van der Waals surface area contributed by atoms with E-state index < -0.39 is 46.9 Å². The van der Waals surface area contributed by atoms with Crippen molar-refractivity contribution in [1.29, 1.82) is 0 Å². The van der Waals surface area contributed by atoms with Crippen LogP contribution in [-0.4, -0.2) is 29.0 Å². The zero-order chi connectivity index (χ0) is 24.5. The Kier molecular flexibility index (Phi) is 4.92. The van der Waals surface area contributed by atoms with Crippen LogP contribution in [0.2, 0.25) is 0 Å². The number of carbonyl (C=O) groups excluding carboxylic acids is 4. The van der Waals surface area contributed by atoms with Crippen molar-refractivity contribution in [2.45, 2.75) is 25.0 Å². The minimum Gasteiger partial charge on any atom is -0.349 e. The van der Waals surface area contributed by atoms with Crippen molar-refractivity contribution < 1.29 is 23.9 Å². The van der Waals surface area contributed by atoms with Crippen LogP contribution in [0.3, 0.4) is 0 Å². The average Bonchev–Trinajstić information content (AvgIpc) is 3.45. The molecule has 0 radical (unpaired) electrons. The second-order valence-electron chi connectivity index (χ2n) is 9.06. The van der Waals surface area contributed by atoms with E-state index >= 15 is 0 Å². The molecule has 1 aliphatic carbocycles. The van der Waals surface area contributed by atoms with Crippen LogP contribution in [0.25, 0.3) is 0 Å². The van der Waals surface area contributed by atoms with Gasteiger partial charge < -0.3 is 4.74 Å². The Morgan fingerprint density at radius 1 is 0.829 bits per heavy atom. The first-order valence-electron chi connectivity index (χ1n) is 11.5. The van der Waals surface area contributed by atoms with Gasteiger partial charge in [0, 0.05) is 15.6 Å². The standard InChI is InChI=1S/C28H20BrNO5/c1-2-15-7-9-16(10-8-15)23-21-22(27(34)30(26(21)33)18-13-11-17(29)12-14-18)28(35-23)24(31)19-5-3-4-6-20(19)25(28)32/h3-14,21-23H,2H2,1H3. The Labute approximate surface area is 210 Å². The number of aryl methyl sites for hydroxylation is 1. The molecule has 174 valence electrons. The zero-order valence-corrected chi connectivity index (χ0v) is 20.3. The van der Waals surface area contributed by atoms with E-state index in [0.717, 1.165) is 21.4 Å². The molecule has 0 N–H and O–H groups in total. The Balaban J connectivity index is 1.53. The highest BCUT2D eigenvalue weighted by atomic mass is 79.9.